The van der Waals surface area contributed by atoms with Gasteiger partial charge in [-0.15, -0.1) is 0 Å². The molecule has 0 bridgehead atoms. The Morgan fingerprint density at radius 2 is 1.77 bits per heavy atom. The van der Waals surface area contributed by atoms with E-state index in [9.17, 15) is 9.59 Å². The van der Waals surface area contributed by atoms with Gasteiger partial charge in [-0.25, -0.2) is 4.79 Å². The summed E-state index contributed by atoms with van der Waals surface area (Å²) in [6.07, 6.45) is 5.66. The smallest absolute Gasteiger partial charge is 0.328 e. The number of anilines is 1. The second kappa shape index (κ2) is 9.76. The number of rotatable bonds is 5. The molecule has 1 saturated carbocycles. The topological polar surface area (TPSA) is 72.6 Å². The zero-order chi connectivity index (χ0) is 24.5. The van der Waals surface area contributed by atoms with Crippen LogP contribution >= 0.6 is 0 Å². The fraction of sp³-hybridized carbons (Fsp3) is 0.519. The van der Waals surface area contributed by atoms with Gasteiger partial charge >= 0.3 is 5.69 Å². The van der Waals surface area contributed by atoms with Crippen molar-refractivity contribution >= 4 is 22.6 Å². The lowest BCUT2D eigenvalue weighted by atomic mass is 9.81. The fourth-order valence-corrected chi connectivity index (χ4v) is 5.63. The lowest BCUT2D eigenvalue weighted by Gasteiger charge is -2.38. The number of aryl methyl sites for hydroxylation is 2. The Hall–Kier alpha value is -3.29. The van der Waals surface area contributed by atoms with E-state index in [1.54, 1.807) is 11.7 Å². The molecule has 1 aliphatic heterocycles. The highest BCUT2D eigenvalue weighted by molar-refractivity contribution is 5.79. The van der Waals surface area contributed by atoms with Crippen molar-refractivity contribution in [1.29, 1.82) is 0 Å². The molecule has 8 nitrogen and oxygen atoms in total. The van der Waals surface area contributed by atoms with Gasteiger partial charge in [0.05, 0.1) is 30.0 Å². The minimum Gasteiger partial charge on any atom is -0.497 e. The van der Waals surface area contributed by atoms with Gasteiger partial charge in [0.1, 0.15) is 5.75 Å². The maximum absolute atomic E-state index is 13.2. The van der Waals surface area contributed by atoms with E-state index in [0.29, 0.717) is 18.4 Å². The molecule has 3 aromatic rings. The van der Waals surface area contributed by atoms with Crippen molar-refractivity contribution in [3.05, 3.63) is 52.7 Å². The molecule has 0 radical (unpaired) electrons. The fourth-order valence-electron chi connectivity index (χ4n) is 5.63. The Morgan fingerprint density at radius 3 is 2.43 bits per heavy atom. The van der Waals surface area contributed by atoms with E-state index in [-0.39, 0.29) is 11.6 Å². The van der Waals surface area contributed by atoms with Crippen molar-refractivity contribution in [1.82, 2.24) is 19.0 Å². The van der Waals surface area contributed by atoms with Gasteiger partial charge in [-0.1, -0.05) is 0 Å². The number of hydrogen-bond acceptors (Lipinski definition) is 5. The molecule has 35 heavy (non-hydrogen) atoms. The number of aromatic nitrogens is 3. The number of nitrogens with zero attached hydrogens (tertiary/aromatic N) is 5. The lowest BCUT2D eigenvalue weighted by molar-refractivity contribution is -0.137. The second-order valence-electron chi connectivity index (χ2n) is 9.99. The van der Waals surface area contributed by atoms with Crippen LogP contribution in [0.25, 0.3) is 11.0 Å². The van der Waals surface area contributed by atoms with Crippen LogP contribution in [0, 0.1) is 18.8 Å². The molecule has 5 rings (SSSR count). The van der Waals surface area contributed by atoms with Crippen LogP contribution < -0.4 is 15.3 Å². The van der Waals surface area contributed by atoms with Crippen LogP contribution in [0.3, 0.4) is 0 Å². The Bertz CT molecular complexity index is 1250. The average Bonchev–Trinajstić information content (AvgIpc) is 3.13. The average molecular weight is 478 g/mol. The quantitative estimate of drug-likeness (QED) is 0.564. The summed E-state index contributed by atoms with van der Waals surface area (Å²) < 4.78 is 8.96. The van der Waals surface area contributed by atoms with Crippen molar-refractivity contribution in [2.45, 2.75) is 39.2 Å². The number of carbonyl (C=O) groups is 1. The summed E-state index contributed by atoms with van der Waals surface area (Å²) in [6, 6.07) is 9.92. The number of pyridine rings is 1. The number of methoxy groups -OCH3 is 1. The van der Waals surface area contributed by atoms with Crippen molar-refractivity contribution < 1.29 is 9.53 Å². The molecule has 2 aromatic heterocycles. The largest absolute Gasteiger partial charge is 0.497 e. The zero-order valence-electron chi connectivity index (χ0n) is 20.9. The first-order chi connectivity index (χ1) is 16.9. The molecule has 0 unspecified atom stereocenters. The number of ether oxygens (including phenoxy) is 1. The number of benzene rings is 1. The molecule has 1 amide bonds. The molecular weight excluding hydrogens is 442 g/mol. The van der Waals surface area contributed by atoms with Gasteiger partial charge in [0.15, 0.2) is 0 Å². The van der Waals surface area contributed by atoms with Crippen LogP contribution in [-0.2, 0) is 18.4 Å². The highest BCUT2D eigenvalue weighted by atomic mass is 16.5. The summed E-state index contributed by atoms with van der Waals surface area (Å²) in [4.78, 5) is 34.9. The molecule has 1 aromatic carbocycles. The van der Waals surface area contributed by atoms with E-state index >= 15 is 0 Å². The summed E-state index contributed by atoms with van der Waals surface area (Å²) in [7, 11) is 3.46. The minimum atomic E-state index is 0.00750. The zero-order valence-corrected chi connectivity index (χ0v) is 20.9. The van der Waals surface area contributed by atoms with Crippen LogP contribution in [0.4, 0.5) is 5.69 Å². The summed E-state index contributed by atoms with van der Waals surface area (Å²) >= 11 is 0. The Labute approximate surface area is 206 Å². The van der Waals surface area contributed by atoms with Crippen molar-refractivity contribution in [2.75, 3.05) is 38.2 Å². The maximum Gasteiger partial charge on any atom is 0.328 e. The Morgan fingerprint density at radius 1 is 1.03 bits per heavy atom. The SMILES string of the molecule is COc1ccc2c(c1)n(CC1CCC(C(=O)N3CCN(c4ccc(C)nc4)CC3)CC1)c(=O)n2C. The summed E-state index contributed by atoms with van der Waals surface area (Å²) in [6.45, 7) is 5.90. The number of piperazine rings is 1. The minimum absolute atomic E-state index is 0.00750. The first-order valence-corrected chi connectivity index (χ1v) is 12.6. The van der Waals surface area contributed by atoms with Crippen LogP contribution in [0.2, 0.25) is 0 Å². The Balaban J connectivity index is 1.17. The molecule has 8 heteroatoms. The van der Waals surface area contributed by atoms with E-state index in [1.807, 2.05) is 53.9 Å². The lowest BCUT2D eigenvalue weighted by Crippen LogP contribution is -2.50. The third-order valence-electron chi connectivity index (χ3n) is 7.84. The molecule has 2 aliphatic rings. The second-order valence-corrected chi connectivity index (χ2v) is 9.99. The molecule has 3 heterocycles. The normalized spacial score (nSPS) is 20.9. The predicted molar refractivity (Wildman–Crippen MR) is 137 cm³/mol. The summed E-state index contributed by atoms with van der Waals surface area (Å²) in [5.74, 6) is 1.56. The van der Waals surface area contributed by atoms with E-state index in [2.05, 4.69) is 16.0 Å². The molecule has 1 saturated heterocycles. The molecular formula is C27H35N5O3. The van der Waals surface area contributed by atoms with Gasteiger partial charge in [-0.05, 0) is 62.8 Å². The highest BCUT2D eigenvalue weighted by Gasteiger charge is 2.31. The molecule has 1 aliphatic carbocycles. The van der Waals surface area contributed by atoms with Gasteiger partial charge in [0, 0.05) is 57.4 Å². The number of amides is 1. The van der Waals surface area contributed by atoms with Gasteiger partial charge in [-0.2, -0.15) is 0 Å². The Kier molecular flexibility index (Phi) is 6.54. The summed E-state index contributed by atoms with van der Waals surface area (Å²) in [5, 5.41) is 0. The summed E-state index contributed by atoms with van der Waals surface area (Å²) in [5.41, 5.74) is 3.98. The van der Waals surface area contributed by atoms with Crippen molar-refractivity contribution in [3.63, 3.8) is 0 Å². The van der Waals surface area contributed by atoms with E-state index in [1.165, 1.54) is 0 Å². The molecule has 2 fully saturated rings. The maximum atomic E-state index is 13.2. The molecule has 0 atom stereocenters. The van der Waals surface area contributed by atoms with Crippen molar-refractivity contribution in [3.8, 4) is 5.75 Å². The van der Waals surface area contributed by atoms with Crippen LogP contribution in [-0.4, -0.2) is 58.2 Å². The van der Waals surface area contributed by atoms with Gasteiger partial charge in [-0.3, -0.25) is 18.9 Å². The van der Waals surface area contributed by atoms with Crippen LogP contribution in [0.1, 0.15) is 31.4 Å². The number of carbonyl (C=O) groups excluding carboxylic acids is 1. The molecule has 0 N–H and O–H groups in total. The monoisotopic (exact) mass is 477 g/mol. The van der Waals surface area contributed by atoms with E-state index in [4.69, 9.17) is 4.74 Å². The number of hydrogen-bond donors (Lipinski definition) is 0. The first-order valence-electron chi connectivity index (χ1n) is 12.6. The van der Waals surface area contributed by atoms with Gasteiger partial charge in [0.2, 0.25) is 5.91 Å². The van der Waals surface area contributed by atoms with Gasteiger partial charge in [0.25, 0.3) is 0 Å². The standard InChI is InChI=1S/C27H35N5O3/c1-19-4-9-22(17-28-19)30-12-14-31(15-13-30)26(33)21-7-5-20(6-8-21)18-32-25-16-23(35-3)10-11-24(25)29(2)27(32)34/h4,9-11,16-17,20-21H,5-8,12-15,18H2,1-3H3. The predicted octanol–water partition coefficient (Wildman–Crippen LogP) is 3.21. The first kappa shape index (κ1) is 23.5. The number of imidazole rings is 1. The van der Waals surface area contributed by atoms with Gasteiger partial charge < -0.3 is 14.5 Å². The molecule has 186 valence electrons. The number of fused-ring (bicyclic) bond motifs is 1. The van der Waals surface area contributed by atoms with Crippen molar-refractivity contribution in [2.24, 2.45) is 18.9 Å². The third-order valence-corrected chi connectivity index (χ3v) is 7.84. The van der Waals surface area contributed by atoms with Crippen LogP contribution in [0.15, 0.2) is 41.3 Å². The van der Waals surface area contributed by atoms with E-state index < -0.39 is 0 Å². The van der Waals surface area contributed by atoms with Crippen LogP contribution in [0.5, 0.6) is 5.75 Å². The highest BCUT2D eigenvalue weighted by Crippen LogP contribution is 2.32. The molecule has 0 spiro atoms. The third kappa shape index (κ3) is 4.66. The van der Waals surface area contributed by atoms with E-state index in [0.717, 1.165) is 80.0 Å².